The van der Waals surface area contributed by atoms with E-state index in [9.17, 15) is 57.9 Å². The molecule has 0 aromatic heterocycles. The second kappa shape index (κ2) is 7.88. The van der Waals surface area contributed by atoms with Gasteiger partial charge in [0.15, 0.2) is 0 Å². The van der Waals surface area contributed by atoms with Crippen LogP contribution in [-0.4, -0.2) is 46.1 Å². The molecule has 0 heterocycles. The molecule has 0 atom stereocenters. The van der Waals surface area contributed by atoms with Gasteiger partial charge in [0.1, 0.15) is 5.75 Å². The van der Waals surface area contributed by atoms with Gasteiger partial charge in [-0.25, -0.2) is 9.59 Å². The second-order valence-electron chi connectivity index (χ2n) is 5.67. The van der Waals surface area contributed by atoms with Gasteiger partial charge >= 0.3 is 41.9 Å². The molecule has 31 heavy (non-hydrogen) atoms. The third kappa shape index (κ3) is 4.36. The Labute approximate surface area is 163 Å². The maximum Gasteiger partial charge on any atom is 0.460 e. The number of rotatable bonds is 7. The number of allylic oxidation sites excluding steroid dienone is 1. The molecule has 0 saturated heterocycles. The number of halogens is 11. The van der Waals surface area contributed by atoms with E-state index in [2.05, 4.69) is 4.74 Å². The lowest BCUT2D eigenvalue weighted by Crippen LogP contribution is -2.61. The maximum atomic E-state index is 13.7. The standard InChI is InChI=1S/C15H7F11O5/c1-4-6(11(29)30)2-5(10(27)28)3-7(4)31-9(17)8(16)12(18,19)13(20,21)14(22,23)15(24,25)26/h2-3H,1H3,(H,27,28)(H,29,30). The number of carboxylic acid groups (broad SMARTS) is 2. The topological polar surface area (TPSA) is 83.8 Å². The van der Waals surface area contributed by atoms with Crippen molar-refractivity contribution in [1.82, 2.24) is 0 Å². The first-order valence-corrected chi connectivity index (χ1v) is 7.25. The summed E-state index contributed by atoms with van der Waals surface area (Å²) in [6.07, 6.45) is -7.29. The molecule has 0 unspecified atom stereocenters. The van der Waals surface area contributed by atoms with Crippen molar-refractivity contribution in [3.05, 3.63) is 40.7 Å². The Bertz CT molecular complexity index is 934. The van der Waals surface area contributed by atoms with Gasteiger partial charge in [-0.1, -0.05) is 0 Å². The van der Waals surface area contributed by atoms with Crippen molar-refractivity contribution in [3.8, 4) is 5.75 Å². The number of aromatic carboxylic acids is 2. The molecule has 0 aliphatic heterocycles. The lowest BCUT2D eigenvalue weighted by Gasteiger charge is -2.32. The molecule has 0 spiro atoms. The molecule has 2 N–H and O–H groups in total. The molecule has 16 heteroatoms. The Balaban J connectivity index is 3.58. The summed E-state index contributed by atoms with van der Waals surface area (Å²) in [5, 5.41) is 17.7. The number of hydrogen-bond acceptors (Lipinski definition) is 3. The van der Waals surface area contributed by atoms with E-state index in [0.717, 1.165) is 6.92 Å². The van der Waals surface area contributed by atoms with Crippen LogP contribution in [0.2, 0.25) is 0 Å². The Hall–Kier alpha value is -3.07. The van der Waals surface area contributed by atoms with E-state index in [1.807, 2.05) is 0 Å². The molecule has 1 rings (SSSR count). The minimum absolute atomic E-state index is 0.220. The molecule has 0 fully saturated rings. The van der Waals surface area contributed by atoms with Crippen LogP contribution >= 0.6 is 0 Å². The van der Waals surface area contributed by atoms with Gasteiger partial charge in [-0.3, -0.25) is 0 Å². The minimum Gasteiger partial charge on any atom is -0.478 e. The van der Waals surface area contributed by atoms with Crippen LogP contribution in [0, 0.1) is 6.92 Å². The van der Waals surface area contributed by atoms with E-state index >= 15 is 0 Å². The van der Waals surface area contributed by atoms with Crippen molar-refractivity contribution in [2.45, 2.75) is 30.9 Å². The first kappa shape index (κ1) is 26.0. The molecule has 0 radical (unpaired) electrons. The van der Waals surface area contributed by atoms with Gasteiger partial charge in [-0.15, -0.1) is 0 Å². The van der Waals surface area contributed by atoms with E-state index in [0.29, 0.717) is 6.07 Å². The molecule has 0 amide bonds. The first-order valence-electron chi connectivity index (χ1n) is 7.25. The molecule has 0 saturated carbocycles. The van der Waals surface area contributed by atoms with E-state index in [-0.39, 0.29) is 6.07 Å². The molecular weight excluding hydrogens is 469 g/mol. The second-order valence-corrected chi connectivity index (χ2v) is 5.67. The van der Waals surface area contributed by atoms with Crippen molar-refractivity contribution < 1.29 is 72.8 Å². The zero-order chi connectivity index (χ0) is 24.7. The van der Waals surface area contributed by atoms with Crippen molar-refractivity contribution in [1.29, 1.82) is 0 Å². The quantitative estimate of drug-likeness (QED) is 0.410. The summed E-state index contributed by atoms with van der Waals surface area (Å²) in [4.78, 5) is 21.9. The summed E-state index contributed by atoms with van der Waals surface area (Å²) >= 11 is 0. The molecule has 1 aromatic carbocycles. The SMILES string of the molecule is Cc1c(OC(F)=C(F)C(F)(F)C(F)(F)C(F)(F)C(F)(F)F)cc(C(=O)O)cc1C(=O)O. The molecule has 1 aromatic rings. The molecule has 5 nitrogen and oxygen atoms in total. The summed E-state index contributed by atoms with van der Waals surface area (Å²) < 4.78 is 146. The minimum atomic E-state index is -7.53. The van der Waals surface area contributed by atoms with Gasteiger partial charge in [0.25, 0.3) is 0 Å². The van der Waals surface area contributed by atoms with Crippen molar-refractivity contribution in [2.24, 2.45) is 0 Å². The van der Waals surface area contributed by atoms with Gasteiger partial charge in [0.05, 0.1) is 11.1 Å². The smallest absolute Gasteiger partial charge is 0.460 e. The monoisotopic (exact) mass is 476 g/mol. The van der Waals surface area contributed by atoms with Crippen LogP contribution in [0.5, 0.6) is 5.75 Å². The van der Waals surface area contributed by atoms with Crippen LogP contribution in [-0.2, 0) is 0 Å². The zero-order valence-corrected chi connectivity index (χ0v) is 14.4. The summed E-state index contributed by atoms with van der Waals surface area (Å²) in [6.45, 7) is 0.736. The normalized spacial score (nSPS) is 14.2. The summed E-state index contributed by atoms with van der Waals surface area (Å²) in [6, 6.07) is -2.78. The largest absolute Gasteiger partial charge is 0.478 e. The third-order valence-electron chi connectivity index (χ3n) is 3.63. The van der Waals surface area contributed by atoms with E-state index in [4.69, 9.17) is 10.2 Å². The maximum absolute atomic E-state index is 13.7. The van der Waals surface area contributed by atoms with E-state index in [1.165, 1.54) is 0 Å². The highest BCUT2D eigenvalue weighted by atomic mass is 19.4. The fraction of sp³-hybridized carbons (Fsp3) is 0.333. The highest BCUT2D eigenvalue weighted by Crippen LogP contribution is 2.55. The Morgan fingerprint density at radius 3 is 1.71 bits per heavy atom. The highest BCUT2D eigenvalue weighted by Gasteiger charge is 2.83. The first-order chi connectivity index (χ1) is 13.7. The van der Waals surface area contributed by atoms with Crippen LogP contribution in [0.3, 0.4) is 0 Å². The number of ether oxygens (including phenoxy) is 1. The van der Waals surface area contributed by atoms with Crippen LogP contribution < -0.4 is 4.74 Å². The number of carboxylic acids is 2. The fourth-order valence-corrected chi connectivity index (χ4v) is 1.92. The average Bonchev–Trinajstić information content (AvgIpc) is 2.60. The van der Waals surface area contributed by atoms with Crippen molar-refractivity contribution in [3.63, 3.8) is 0 Å². The van der Waals surface area contributed by atoms with Crippen molar-refractivity contribution in [2.75, 3.05) is 0 Å². The molecule has 0 aliphatic carbocycles. The zero-order valence-electron chi connectivity index (χ0n) is 14.4. The Morgan fingerprint density at radius 2 is 1.32 bits per heavy atom. The predicted molar refractivity (Wildman–Crippen MR) is 75.9 cm³/mol. The number of alkyl halides is 9. The number of carbonyl (C=O) groups is 2. The van der Waals surface area contributed by atoms with Gasteiger partial charge in [-0.05, 0) is 19.1 Å². The summed E-state index contributed by atoms with van der Waals surface area (Å²) in [5.74, 6) is -31.5. The lowest BCUT2D eigenvalue weighted by molar-refractivity contribution is -0.392. The van der Waals surface area contributed by atoms with Gasteiger partial charge in [0.2, 0.25) is 5.83 Å². The Kier molecular flexibility index (Phi) is 6.60. The Morgan fingerprint density at radius 1 is 0.839 bits per heavy atom. The number of hydrogen-bond donors (Lipinski definition) is 2. The average molecular weight is 476 g/mol. The summed E-state index contributed by atoms with van der Waals surface area (Å²) in [7, 11) is 0. The van der Waals surface area contributed by atoms with Gasteiger partial charge in [-0.2, -0.15) is 48.3 Å². The molecule has 174 valence electrons. The van der Waals surface area contributed by atoms with E-state index < -0.39 is 70.2 Å². The molecular formula is C15H7F11O5. The van der Waals surface area contributed by atoms with Crippen LogP contribution in [0.4, 0.5) is 48.3 Å². The van der Waals surface area contributed by atoms with Gasteiger partial charge in [0, 0.05) is 5.56 Å². The lowest BCUT2D eigenvalue weighted by atomic mass is 10.0. The third-order valence-corrected chi connectivity index (χ3v) is 3.63. The number of benzene rings is 1. The molecule has 0 aliphatic rings. The van der Waals surface area contributed by atoms with Gasteiger partial charge < -0.3 is 14.9 Å². The molecule has 0 bridgehead atoms. The highest BCUT2D eigenvalue weighted by molar-refractivity contribution is 5.95. The van der Waals surface area contributed by atoms with Crippen molar-refractivity contribution >= 4 is 11.9 Å². The van der Waals surface area contributed by atoms with Crippen LogP contribution in [0.25, 0.3) is 0 Å². The fourth-order valence-electron chi connectivity index (χ4n) is 1.92. The predicted octanol–water partition coefficient (Wildman–Crippen LogP) is 5.35. The van der Waals surface area contributed by atoms with Crippen LogP contribution in [0.15, 0.2) is 24.0 Å². The van der Waals surface area contributed by atoms with Crippen LogP contribution in [0.1, 0.15) is 26.3 Å². The van der Waals surface area contributed by atoms with E-state index in [1.54, 1.807) is 0 Å². The summed E-state index contributed by atoms with van der Waals surface area (Å²) in [5.41, 5.74) is -2.74.